The zero-order valence-corrected chi connectivity index (χ0v) is 15.3. The molecule has 4 rings (SSSR count). The van der Waals surface area contributed by atoms with Crippen molar-refractivity contribution in [1.29, 1.82) is 0 Å². The van der Waals surface area contributed by atoms with Gasteiger partial charge < -0.3 is 4.42 Å². The minimum atomic E-state index is 0.721. The molecule has 0 unspecified atom stereocenters. The maximum atomic E-state index is 5.83. The standard InChI is InChI=1S/C19H18N2OS2/c1-13-17(20-19(22-13)15-7-8-23-12-15)11-21(2)10-16-9-14-5-3-4-6-18(14)24-16/h3-9,12H,10-11H2,1-2H3. The molecule has 1 aromatic carbocycles. The Kier molecular flexibility index (Phi) is 4.22. The SMILES string of the molecule is Cc1oc(-c2ccsc2)nc1CN(C)Cc1cc2ccccc2s1. The highest BCUT2D eigenvalue weighted by Crippen LogP contribution is 2.27. The van der Waals surface area contributed by atoms with Gasteiger partial charge in [-0.1, -0.05) is 18.2 Å². The topological polar surface area (TPSA) is 29.3 Å². The van der Waals surface area contributed by atoms with Crippen molar-refractivity contribution in [1.82, 2.24) is 9.88 Å². The van der Waals surface area contributed by atoms with Crippen LogP contribution in [-0.2, 0) is 13.1 Å². The van der Waals surface area contributed by atoms with Crippen molar-refractivity contribution in [3.8, 4) is 11.5 Å². The Bertz CT molecular complexity index is 920. The van der Waals surface area contributed by atoms with Gasteiger partial charge in [0, 0.05) is 33.6 Å². The Morgan fingerprint density at radius 3 is 2.83 bits per heavy atom. The minimum Gasteiger partial charge on any atom is -0.441 e. The number of fused-ring (bicyclic) bond motifs is 1. The van der Waals surface area contributed by atoms with E-state index in [4.69, 9.17) is 4.42 Å². The molecule has 0 bridgehead atoms. The zero-order chi connectivity index (χ0) is 16.5. The third-order valence-corrected chi connectivity index (χ3v) is 5.77. The van der Waals surface area contributed by atoms with Crippen LogP contribution in [-0.4, -0.2) is 16.9 Å². The average molecular weight is 354 g/mol. The lowest BCUT2D eigenvalue weighted by Crippen LogP contribution is -2.17. The number of aromatic nitrogens is 1. The Morgan fingerprint density at radius 1 is 1.17 bits per heavy atom. The lowest BCUT2D eigenvalue weighted by Gasteiger charge is -2.13. The first kappa shape index (κ1) is 15.6. The monoisotopic (exact) mass is 354 g/mol. The van der Waals surface area contributed by atoms with Gasteiger partial charge in [-0.05, 0) is 42.9 Å². The molecular weight excluding hydrogens is 336 g/mol. The molecule has 3 nitrogen and oxygen atoms in total. The van der Waals surface area contributed by atoms with Crippen LogP contribution in [0.25, 0.3) is 21.5 Å². The highest BCUT2D eigenvalue weighted by atomic mass is 32.1. The largest absolute Gasteiger partial charge is 0.441 e. The molecule has 0 aliphatic carbocycles. The van der Waals surface area contributed by atoms with Gasteiger partial charge in [0.15, 0.2) is 0 Å². The summed E-state index contributed by atoms with van der Waals surface area (Å²) in [4.78, 5) is 8.34. The second-order valence-electron chi connectivity index (χ2n) is 5.96. The van der Waals surface area contributed by atoms with E-state index >= 15 is 0 Å². The highest BCUT2D eigenvalue weighted by Gasteiger charge is 2.14. The van der Waals surface area contributed by atoms with Crippen molar-refractivity contribution in [2.45, 2.75) is 20.0 Å². The van der Waals surface area contributed by atoms with Crippen molar-refractivity contribution in [3.63, 3.8) is 0 Å². The molecule has 3 aromatic heterocycles. The van der Waals surface area contributed by atoms with Gasteiger partial charge >= 0.3 is 0 Å². The quantitative estimate of drug-likeness (QED) is 0.470. The smallest absolute Gasteiger partial charge is 0.227 e. The fraction of sp³-hybridized carbons (Fsp3) is 0.211. The Hall–Kier alpha value is -1.95. The first-order chi connectivity index (χ1) is 11.7. The van der Waals surface area contributed by atoms with E-state index in [1.54, 1.807) is 11.3 Å². The molecule has 0 fully saturated rings. The van der Waals surface area contributed by atoms with Gasteiger partial charge in [-0.2, -0.15) is 11.3 Å². The van der Waals surface area contributed by atoms with E-state index in [-0.39, 0.29) is 0 Å². The number of rotatable bonds is 5. The van der Waals surface area contributed by atoms with Gasteiger partial charge in [-0.25, -0.2) is 4.98 Å². The van der Waals surface area contributed by atoms with E-state index in [0.29, 0.717) is 0 Å². The summed E-state index contributed by atoms with van der Waals surface area (Å²) in [5.74, 6) is 1.62. The van der Waals surface area contributed by atoms with Gasteiger partial charge in [0.2, 0.25) is 5.89 Å². The van der Waals surface area contributed by atoms with Gasteiger partial charge in [-0.3, -0.25) is 4.90 Å². The number of benzene rings is 1. The normalized spacial score (nSPS) is 11.6. The number of thiophene rings is 2. The fourth-order valence-electron chi connectivity index (χ4n) is 2.78. The third-order valence-electron chi connectivity index (χ3n) is 3.98. The average Bonchev–Trinajstić information content (AvgIpc) is 3.27. The molecule has 5 heteroatoms. The van der Waals surface area contributed by atoms with Crippen LogP contribution in [0.2, 0.25) is 0 Å². The predicted octanol–water partition coefficient (Wildman–Crippen LogP) is 5.56. The van der Waals surface area contributed by atoms with Crippen molar-refractivity contribution in [2.75, 3.05) is 7.05 Å². The van der Waals surface area contributed by atoms with E-state index < -0.39 is 0 Å². The summed E-state index contributed by atoms with van der Waals surface area (Å²) in [5, 5.41) is 5.43. The lowest BCUT2D eigenvalue weighted by molar-refractivity contribution is 0.316. The summed E-state index contributed by atoms with van der Waals surface area (Å²) >= 11 is 3.52. The highest BCUT2D eigenvalue weighted by molar-refractivity contribution is 7.19. The maximum absolute atomic E-state index is 5.83. The molecular formula is C19H18N2OS2. The summed E-state index contributed by atoms with van der Waals surface area (Å²) in [5.41, 5.74) is 2.07. The molecule has 0 radical (unpaired) electrons. The number of hydrogen-bond acceptors (Lipinski definition) is 5. The summed E-state index contributed by atoms with van der Waals surface area (Å²) in [6.45, 7) is 3.69. The van der Waals surface area contributed by atoms with E-state index in [9.17, 15) is 0 Å². The van der Waals surface area contributed by atoms with Crippen LogP contribution in [0.3, 0.4) is 0 Å². The summed E-state index contributed by atoms with van der Waals surface area (Å²) in [6, 6.07) is 12.9. The van der Waals surface area contributed by atoms with E-state index in [1.165, 1.54) is 15.0 Å². The van der Waals surface area contributed by atoms with Crippen LogP contribution < -0.4 is 0 Å². The molecule has 0 aliphatic heterocycles. The van der Waals surface area contributed by atoms with Gasteiger partial charge in [0.1, 0.15) is 5.76 Å². The molecule has 122 valence electrons. The predicted molar refractivity (Wildman–Crippen MR) is 102 cm³/mol. The van der Waals surface area contributed by atoms with E-state index in [2.05, 4.69) is 52.6 Å². The zero-order valence-electron chi connectivity index (χ0n) is 13.7. The molecule has 0 amide bonds. The first-order valence-electron chi connectivity index (χ1n) is 7.84. The van der Waals surface area contributed by atoms with Crippen molar-refractivity contribution < 1.29 is 4.42 Å². The molecule has 0 spiro atoms. The van der Waals surface area contributed by atoms with Crippen LogP contribution in [0.5, 0.6) is 0 Å². The Morgan fingerprint density at radius 2 is 2.04 bits per heavy atom. The Labute approximate surface area is 149 Å². The molecule has 24 heavy (non-hydrogen) atoms. The lowest BCUT2D eigenvalue weighted by atomic mass is 10.2. The van der Waals surface area contributed by atoms with Gasteiger partial charge in [0.05, 0.1) is 5.69 Å². The van der Waals surface area contributed by atoms with E-state index in [0.717, 1.165) is 36.0 Å². The molecule has 3 heterocycles. The third kappa shape index (κ3) is 3.15. The van der Waals surface area contributed by atoms with Crippen LogP contribution in [0.1, 0.15) is 16.3 Å². The van der Waals surface area contributed by atoms with Crippen LogP contribution >= 0.6 is 22.7 Å². The molecule has 4 aromatic rings. The second-order valence-corrected chi connectivity index (χ2v) is 7.91. The minimum absolute atomic E-state index is 0.721. The van der Waals surface area contributed by atoms with Gasteiger partial charge in [0.25, 0.3) is 0 Å². The van der Waals surface area contributed by atoms with Crippen molar-refractivity contribution in [3.05, 3.63) is 63.5 Å². The van der Waals surface area contributed by atoms with Crippen LogP contribution in [0.15, 0.2) is 51.6 Å². The number of hydrogen-bond donors (Lipinski definition) is 0. The van der Waals surface area contributed by atoms with Crippen molar-refractivity contribution in [2.24, 2.45) is 0 Å². The maximum Gasteiger partial charge on any atom is 0.227 e. The summed E-state index contributed by atoms with van der Waals surface area (Å²) in [6.07, 6.45) is 0. The molecule has 0 N–H and O–H groups in total. The molecule has 0 atom stereocenters. The number of aryl methyl sites for hydroxylation is 1. The number of nitrogens with zero attached hydrogens (tertiary/aromatic N) is 2. The summed E-state index contributed by atoms with van der Waals surface area (Å²) in [7, 11) is 2.13. The Balaban J connectivity index is 1.48. The van der Waals surface area contributed by atoms with Crippen LogP contribution in [0.4, 0.5) is 0 Å². The number of oxazole rings is 1. The summed E-state index contributed by atoms with van der Waals surface area (Å²) < 4.78 is 7.18. The van der Waals surface area contributed by atoms with Crippen molar-refractivity contribution >= 4 is 32.8 Å². The molecule has 0 saturated heterocycles. The fourth-order valence-corrected chi connectivity index (χ4v) is 4.55. The molecule has 0 saturated carbocycles. The van der Waals surface area contributed by atoms with Crippen LogP contribution in [0, 0.1) is 6.92 Å². The first-order valence-corrected chi connectivity index (χ1v) is 9.60. The second kappa shape index (κ2) is 6.51. The van der Waals surface area contributed by atoms with Gasteiger partial charge in [-0.15, -0.1) is 11.3 Å². The molecule has 0 aliphatic rings. The van der Waals surface area contributed by atoms with E-state index in [1.807, 2.05) is 29.7 Å².